The van der Waals surface area contributed by atoms with E-state index in [9.17, 15) is 4.79 Å². The van der Waals surface area contributed by atoms with Crippen LogP contribution in [0.1, 0.15) is 10.4 Å². The Morgan fingerprint density at radius 1 is 1.19 bits per heavy atom. The SMILES string of the molecule is COc1ccc(C(=O)Nc2ccc3sccc3c2)cc1Br. The molecule has 0 bridgehead atoms. The zero-order chi connectivity index (χ0) is 14.8. The van der Waals surface area contributed by atoms with Crippen LogP contribution in [0.4, 0.5) is 5.69 Å². The summed E-state index contributed by atoms with van der Waals surface area (Å²) in [6.45, 7) is 0. The first-order valence-corrected chi connectivity index (χ1v) is 7.97. The average Bonchev–Trinajstić information content (AvgIpc) is 2.94. The second-order valence-electron chi connectivity index (χ2n) is 4.48. The fourth-order valence-electron chi connectivity index (χ4n) is 2.06. The number of hydrogen-bond donors (Lipinski definition) is 1. The highest BCUT2D eigenvalue weighted by molar-refractivity contribution is 9.10. The minimum Gasteiger partial charge on any atom is -0.496 e. The quantitative estimate of drug-likeness (QED) is 0.718. The summed E-state index contributed by atoms with van der Waals surface area (Å²) in [6, 6.07) is 13.2. The standard InChI is InChI=1S/C16H12BrNO2S/c1-20-14-4-2-11(9-13(14)17)16(19)18-12-3-5-15-10(8-12)6-7-21-15/h2-9H,1H3,(H,18,19). The minimum atomic E-state index is -0.145. The molecule has 3 aromatic rings. The molecule has 1 heterocycles. The third kappa shape index (κ3) is 2.94. The van der Waals surface area contributed by atoms with Gasteiger partial charge in [0.2, 0.25) is 0 Å². The minimum absolute atomic E-state index is 0.145. The summed E-state index contributed by atoms with van der Waals surface area (Å²) in [5.41, 5.74) is 1.37. The first-order valence-electron chi connectivity index (χ1n) is 6.29. The summed E-state index contributed by atoms with van der Waals surface area (Å²) in [5.74, 6) is 0.555. The van der Waals surface area contributed by atoms with Crippen LogP contribution < -0.4 is 10.1 Å². The van der Waals surface area contributed by atoms with Gasteiger partial charge >= 0.3 is 0 Å². The Morgan fingerprint density at radius 2 is 2.05 bits per heavy atom. The lowest BCUT2D eigenvalue weighted by molar-refractivity contribution is 0.102. The molecule has 5 heteroatoms. The first-order chi connectivity index (χ1) is 10.2. The molecule has 2 aromatic carbocycles. The van der Waals surface area contributed by atoms with Gasteiger partial charge in [-0.05, 0) is 69.2 Å². The maximum Gasteiger partial charge on any atom is 0.255 e. The summed E-state index contributed by atoms with van der Waals surface area (Å²) < 4.78 is 7.12. The molecule has 0 aliphatic carbocycles. The number of amides is 1. The summed E-state index contributed by atoms with van der Waals surface area (Å²) in [4.78, 5) is 12.3. The van der Waals surface area contributed by atoms with Crippen LogP contribution in [0.3, 0.4) is 0 Å². The number of ether oxygens (including phenoxy) is 1. The number of carbonyl (C=O) groups excluding carboxylic acids is 1. The van der Waals surface area contributed by atoms with Crippen LogP contribution >= 0.6 is 27.3 Å². The number of rotatable bonds is 3. The van der Waals surface area contributed by atoms with Gasteiger partial charge in [-0.2, -0.15) is 0 Å². The van der Waals surface area contributed by atoms with Crippen molar-refractivity contribution in [2.24, 2.45) is 0 Å². The van der Waals surface area contributed by atoms with Crippen LogP contribution in [0.5, 0.6) is 5.75 Å². The molecule has 0 atom stereocenters. The monoisotopic (exact) mass is 361 g/mol. The molecule has 1 N–H and O–H groups in total. The molecular weight excluding hydrogens is 350 g/mol. The number of fused-ring (bicyclic) bond motifs is 1. The Morgan fingerprint density at radius 3 is 2.81 bits per heavy atom. The van der Waals surface area contributed by atoms with Crippen molar-refractivity contribution < 1.29 is 9.53 Å². The van der Waals surface area contributed by atoms with Gasteiger partial charge in [-0.1, -0.05) is 0 Å². The summed E-state index contributed by atoms with van der Waals surface area (Å²) in [7, 11) is 1.59. The van der Waals surface area contributed by atoms with E-state index in [1.54, 1.807) is 36.6 Å². The molecule has 1 amide bonds. The topological polar surface area (TPSA) is 38.3 Å². The van der Waals surface area contributed by atoms with Crippen molar-refractivity contribution in [1.29, 1.82) is 0 Å². The Hall–Kier alpha value is -1.85. The molecule has 0 aliphatic rings. The number of benzene rings is 2. The van der Waals surface area contributed by atoms with E-state index >= 15 is 0 Å². The molecular formula is C16H12BrNO2S. The van der Waals surface area contributed by atoms with E-state index in [-0.39, 0.29) is 5.91 Å². The van der Waals surface area contributed by atoms with Gasteiger partial charge < -0.3 is 10.1 Å². The number of thiophene rings is 1. The van der Waals surface area contributed by atoms with Gasteiger partial charge in [0.15, 0.2) is 0 Å². The summed E-state index contributed by atoms with van der Waals surface area (Å²) in [5, 5.41) is 6.08. The Labute approximate surface area is 134 Å². The maximum atomic E-state index is 12.3. The molecule has 3 rings (SSSR count). The summed E-state index contributed by atoms with van der Waals surface area (Å²) in [6.07, 6.45) is 0. The molecule has 21 heavy (non-hydrogen) atoms. The van der Waals surface area contributed by atoms with Gasteiger partial charge in [0.25, 0.3) is 5.91 Å². The maximum absolute atomic E-state index is 12.3. The Kier molecular flexibility index (Phi) is 3.94. The fraction of sp³-hybridized carbons (Fsp3) is 0.0625. The van der Waals surface area contributed by atoms with Gasteiger partial charge in [-0.3, -0.25) is 4.79 Å². The fourth-order valence-corrected chi connectivity index (χ4v) is 3.37. The highest BCUT2D eigenvalue weighted by Crippen LogP contribution is 2.27. The van der Waals surface area contributed by atoms with Gasteiger partial charge in [0, 0.05) is 16.0 Å². The van der Waals surface area contributed by atoms with Gasteiger partial charge in [-0.25, -0.2) is 0 Å². The van der Waals surface area contributed by atoms with Crippen molar-refractivity contribution in [3.63, 3.8) is 0 Å². The first kappa shape index (κ1) is 14.1. The van der Waals surface area contributed by atoms with Crippen LogP contribution in [-0.4, -0.2) is 13.0 Å². The summed E-state index contributed by atoms with van der Waals surface area (Å²) >= 11 is 5.07. The second-order valence-corrected chi connectivity index (χ2v) is 6.28. The Balaban J connectivity index is 1.83. The van der Waals surface area contributed by atoms with E-state index in [4.69, 9.17) is 4.74 Å². The van der Waals surface area contributed by atoms with Crippen molar-refractivity contribution in [3.05, 3.63) is 57.9 Å². The van der Waals surface area contributed by atoms with Crippen LogP contribution in [0.25, 0.3) is 10.1 Å². The molecule has 0 radical (unpaired) electrons. The number of hydrogen-bond acceptors (Lipinski definition) is 3. The smallest absolute Gasteiger partial charge is 0.255 e. The number of nitrogens with one attached hydrogen (secondary N) is 1. The Bertz CT molecular complexity index is 813. The van der Waals surface area contributed by atoms with Gasteiger partial charge in [0.1, 0.15) is 5.75 Å². The van der Waals surface area contributed by atoms with Crippen LogP contribution in [0, 0.1) is 0 Å². The van der Waals surface area contributed by atoms with Crippen LogP contribution in [0.2, 0.25) is 0 Å². The highest BCUT2D eigenvalue weighted by Gasteiger charge is 2.09. The molecule has 0 saturated carbocycles. The van der Waals surface area contributed by atoms with E-state index in [2.05, 4.69) is 21.2 Å². The molecule has 0 spiro atoms. The van der Waals surface area contributed by atoms with Gasteiger partial charge in [-0.15, -0.1) is 11.3 Å². The lowest BCUT2D eigenvalue weighted by atomic mass is 10.2. The van der Waals surface area contributed by atoms with Crippen LogP contribution in [0.15, 0.2) is 52.3 Å². The third-order valence-corrected chi connectivity index (χ3v) is 4.64. The molecule has 0 aliphatic heterocycles. The third-order valence-electron chi connectivity index (χ3n) is 3.12. The number of anilines is 1. The normalized spacial score (nSPS) is 10.6. The van der Waals surface area contributed by atoms with E-state index in [0.717, 1.165) is 15.5 Å². The highest BCUT2D eigenvalue weighted by atomic mass is 79.9. The van der Waals surface area contributed by atoms with Crippen molar-refractivity contribution in [2.45, 2.75) is 0 Å². The average molecular weight is 362 g/mol. The predicted octanol–water partition coefficient (Wildman–Crippen LogP) is 4.92. The zero-order valence-corrected chi connectivity index (χ0v) is 13.6. The van der Waals surface area contributed by atoms with Crippen molar-refractivity contribution >= 4 is 48.9 Å². The molecule has 1 aromatic heterocycles. The van der Waals surface area contributed by atoms with Crippen molar-refractivity contribution in [3.8, 4) is 5.75 Å². The molecule has 0 unspecified atom stereocenters. The van der Waals surface area contributed by atoms with Crippen molar-refractivity contribution in [1.82, 2.24) is 0 Å². The zero-order valence-electron chi connectivity index (χ0n) is 11.2. The second kappa shape index (κ2) is 5.87. The van der Waals surface area contributed by atoms with E-state index in [1.807, 2.05) is 29.6 Å². The molecule has 3 nitrogen and oxygen atoms in total. The van der Waals surface area contributed by atoms with Crippen molar-refractivity contribution in [2.75, 3.05) is 12.4 Å². The number of methoxy groups -OCH3 is 1. The largest absolute Gasteiger partial charge is 0.496 e. The molecule has 0 fully saturated rings. The lowest BCUT2D eigenvalue weighted by Gasteiger charge is -2.08. The van der Waals surface area contributed by atoms with E-state index < -0.39 is 0 Å². The molecule has 106 valence electrons. The van der Waals surface area contributed by atoms with E-state index in [1.165, 1.54) is 4.70 Å². The number of carbonyl (C=O) groups is 1. The van der Waals surface area contributed by atoms with E-state index in [0.29, 0.717) is 11.3 Å². The predicted molar refractivity (Wildman–Crippen MR) is 90.5 cm³/mol. The van der Waals surface area contributed by atoms with Crippen LogP contribution in [-0.2, 0) is 0 Å². The lowest BCUT2D eigenvalue weighted by Crippen LogP contribution is -2.11. The van der Waals surface area contributed by atoms with Gasteiger partial charge in [0.05, 0.1) is 11.6 Å². The molecule has 0 saturated heterocycles. The number of halogens is 1.